The second-order valence-corrected chi connectivity index (χ2v) is 5.35. The van der Waals surface area contributed by atoms with E-state index in [0.29, 0.717) is 12.6 Å². The average molecular weight is 264 g/mol. The molecule has 0 spiro atoms. The van der Waals surface area contributed by atoms with E-state index in [9.17, 15) is 4.79 Å². The fourth-order valence-electron chi connectivity index (χ4n) is 2.08. The van der Waals surface area contributed by atoms with Gasteiger partial charge in [-0.2, -0.15) is 0 Å². The summed E-state index contributed by atoms with van der Waals surface area (Å²) < 4.78 is 1.92. The quantitative estimate of drug-likeness (QED) is 0.731. The zero-order valence-corrected chi connectivity index (χ0v) is 12.8. The molecule has 19 heavy (non-hydrogen) atoms. The molecular formula is C16H28N2O. The lowest BCUT2D eigenvalue weighted by molar-refractivity contribution is 0.523. The van der Waals surface area contributed by atoms with E-state index in [0.717, 1.165) is 30.6 Å². The third-order valence-electron chi connectivity index (χ3n) is 3.71. The number of nitrogens with one attached hydrogen (secondary N) is 1. The minimum atomic E-state index is 0.173. The van der Waals surface area contributed by atoms with Crippen molar-refractivity contribution in [3.63, 3.8) is 0 Å². The van der Waals surface area contributed by atoms with Gasteiger partial charge in [0.05, 0.1) is 0 Å². The smallest absolute Gasteiger partial charge is 0.255 e. The second kappa shape index (κ2) is 8.16. The number of hydrogen-bond donors (Lipinski definition) is 1. The highest BCUT2D eigenvalue weighted by atomic mass is 16.1. The molecule has 0 radical (unpaired) electrons. The Morgan fingerprint density at radius 2 is 2.00 bits per heavy atom. The molecule has 0 aliphatic carbocycles. The van der Waals surface area contributed by atoms with Gasteiger partial charge in [-0.1, -0.05) is 32.8 Å². The van der Waals surface area contributed by atoms with Gasteiger partial charge >= 0.3 is 0 Å². The molecule has 1 heterocycles. The van der Waals surface area contributed by atoms with E-state index in [1.807, 2.05) is 17.6 Å². The van der Waals surface area contributed by atoms with Gasteiger partial charge in [-0.3, -0.25) is 4.79 Å². The van der Waals surface area contributed by atoms with E-state index >= 15 is 0 Å². The molecule has 0 fully saturated rings. The van der Waals surface area contributed by atoms with Crippen LogP contribution in [0.25, 0.3) is 0 Å². The van der Waals surface area contributed by atoms with E-state index in [-0.39, 0.29) is 5.56 Å². The monoisotopic (exact) mass is 264 g/mol. The van der Waals surface area contributed by atoms with Crippen LogP contribution in [0.1, 0.15) is 57.7 Å². The normalized spacial score (nSPS) is 12.6. The Bertz CT molecular complexity index is 437. The van der Waals surface area contributed by atoms with Crippen molar-refractivity contribution < 1.29 is 0 Å². The second-order valence-electron chi connectivity index (χ2n) is 5.35. The summed E-state index contributed by atoms with van der Waals surface area (Å²) in [4.78, 5) is 12.4. The number of aryl methyl sites for hydroxylation is 1. The minimum absolute atomic E-state index is 0.173. The van der Waals surface area contributed by atoms with Gasteiger partial charge in [-0.05, 0) is 32.8 Å². The first-order chi connectivity index (χ1) is 9.10. The van der Waals surface area contributed by atoms with Gasteiger partial charge in [0.1, 0.15) is 0 Å². The number of pyridine rings is 1. The number of rotatable bonds is 8. The van der Waals surface area contributed by atoms with Crippen molar-refractivity contribution in [2.45, 2.75) is 72.5 Å². The highest BCUT2D eigenvalue weighted by Gasteiger charge is 2.07. The molecule has 1 N–H and O–H groups in total. The van der Waals surface area contributed by atoms with Gasteiger partial charge in [0.2, 0.25) is 0 Å². The molecule has 0 aromatic carbocycles. The van der Waals surface area contributed by atoms with Gasteiger partial charge in [0, 0.05) is 30.4 Å². The Morgan fingerprint density at radius 1 is 1.26 bits per heavy atom. The zero-order valence-electron chi connectivity index (χ0n) is 12.8. The molecular weight excluding hydrogens is 236 g/mol. The van der Waals surface area contributed by atoms with Crippen molar-refractivity contribution in [1.82, 2.24) is 9.88 Å². The van der Waals surface area contributed by atoms with Gasteiger partial charge < -0.3 is 9.88 Å². The Labute approximate surface area is 117 Å². The van der Waals surface area contributed by atoms with Crippen molar-refractivity contribution in [2.75, 3.05) is 0 Å². The minimum Gasteiger partial charge on any atom is -0.313 e. The summed E-state index contributed by atoms with van der Waals surface area (Å²) in [6.07, 6.45) is 4.53. The summed E-state index contributed by atoms with van der Waals surface area (Å²) in [7, 11) is 0. The molecule has 3 heteroatoms. The van der Waals surface area contributed by atoms with E-state index in [1.165, 1.54) is 12.8 Å². The average Bonchev–Trinajstić information content (AvgIpc) is 2.41. The Kier molecular flexibility index (Phi) is 6.85. The molecule has 0 amide bonds. The molecule has 1 aromatic rings. The predicted molar refractivity (Wildman–Crippen MR) is 81.6 cm³/mol. The molecule has 1 rings (SSSR count). The number of aromatic nitrogens is 1. The Balaban J connectivity index is 2.78. The third-order valence-corrected chi connectivity index (χ3v) is 3.71. The molecule has 0 bridgehead atoms. The van der Waals surface area contributed by atoms with E-state index in [2.05, 4.69) is 32.2 Å². The maximum absolute atomic E-state index is 12.4. The van der Waals surface area contributed by atoms with Crippen LogP contribution in [0.2, 0.25) is 0 Å². The molecule has 0 saturated heterocycles. The summed E-state index contributed by atoms with van der Waals surface area (Å²) in [6.45, 7) is 10.0. The first-order valence-electron chi connectivity index (χ1n) is 7.52. The van der Waals surface area contributed by atoms with E-state index < -0.39 is 0 Å². The number of hydrogen-bond acceptors (Lipinski definition) is 2. The summed E-state index contributed by atoms with van der Waals surface area (Å²) >= 11 is 0. The summed E-state index contributed by atoms with van der Waals surface area (Å²) in [5, 5.41) is 3.39. The lowest BCUT2D eigenvalue weighted by Gasteiger charge is -2.14. The lowest BCUT2D eigenvalue weighted by Crippen LogP contribution is -2.31. The molecule has 1 aromatic heterocycles. The SMILES string of the molecule is CCCCCn1c(C)ccc(CNC(C)CC)c1=O. The van der Waals surface area contributed by atoms with Crippen molar-refractivity contribution in [2.24, 2.45) is 0 Å². The lowest BCUT2D eigenvalue weighted by atomic mass is 10.2. The fraction of sp³-hybridized carbons (Fsp3) is 0.688. The molecule has 0 aliphatic heterocycles. The van der Waals surface area contributed by atoms with Crippen molar-refractivity contribution >= 4 is 0 Å². The highest BCUT2D eigenvalue weighted by molar-refractivity contribution is 5.15. The molecule has 108 valence electrons. The van der Waals surface area contributed by atoms with Crippen LogP contribution in [0.5, 0.6) is 0 Å². The maximum atomic E-state index is 12.4. The van der Waals surface area contributed by atoms with Crippen molar-refractivity contribution in [1.29, 1.82) is 0 Å². The predicted octanol–water partition coefficient (Wildman–Crippen LogP) is 3.24. The van der Waals surface area contributed by atoms with E-state index in [4.69, 9.17) is 0 Å². The van der Waals surface area contributed by atoms with Gasteiger partial charge in [0.25, 0.3) is 5.56 Å². The Hall–Kier alpha value is -1.09. The Morgan fingerprint density at radius 3 is 2.63 bits per heavy atom. The fourth-order valence-corrected chi connectivity index (χ4v) is 2.08. The van der Waals surface area contributed by atoms with Gasteiger partial charge in [-0.15, -0.1) is 0 Å². The molecule has 1 atom stereocenters. The van der Waals surface area contributed by atoms with E-state index in [1.54, 1.807) is 0 Å². The van der Waals surface area contributed by atoms with Crippen LogP contribution in [0.3, 0.4) is 0 Å². The molecule has 1 unspecified atom stereocenters. The topological polar surface area (TPSA) is 34.0 Å². The number of unbranched alkanes of at least 4 members (excludes halogenated alkanes) is 2. The standard InChI is InChI=1S/C16H28N2O/c1-5-7-8-11-18-14(4)9-10-15(16(18)19)12-17-13(3)6-2/h9-10,13,17H,5-8,11-12H2,1-4H3. The van der Waals surface area contributed by atoms with Gasteiger partial charge in [0.15, 0.2) is 0 Å². The van der Waals surface area contributed by atoms with Crippen molar-refractivity contribution in [3.8, 4) is 0 Å². The van der Waals surface area contributed by atoms with Gasteiger partial charge in [-0.25, -0.2) is 0 Å². The van der Waals surface area contributed by atoms with Crippen LogP contribution in [-0.4, -0.2) is 10.6 Å². The molecule has 0 saturated carbocycles. The van der Waals surface area contributed by atoms with Crippen LogP contribution in [0, 0.1) is 6.92 Å². The summed E-state index contributed by atoms with van der Waals surface area (Å²) in [6, 6.07) is 4.47. The van der Waals surface area contributed by atoms with Crippen LogP contribution in [0.15, 0.2) is 16.9 Å². The third kappa shape index (κ3) is 4.83. The van der Waals surface area contributed by atoms with Crippen LogP contribution >= 0.6 is 0 Å². The highest BCUT2D eigenvalue weighted by Crippen LogP contribution is 2.03. The number of nitrogens with zero attached hydrogens (tertiary/aromatic N) is 1. The summed E-state index contributed by atoms with van der Waals surface area (Å²) in [5.74, 6) is 0. The van der Waals surface area contributed by atoms with Crippen LogP contribution in [0.4, 0.5) is 0 Å². The molecule has 0 aliphatic rings. The first kappa shape index (κ1) is 16.0. The van der Waals surface area contributed by atoms with Crippen molar-refractivity contribution in [3.05, 3.63) is 33.7 Å². The summed E-state index contributed by atoms with van der Waals surface area (Å²) in [5.41, 5.74) is 2.11. The zero-order chi connectivity index (χ0) is 14.3. The largest absolute Gasteiger partial charge is 0.313 e. The molecule has 3 nitrogen and oxygen atoms in total. The van der Waals surface area contributed by atoms with Crippen LogP contribution < -0.4 is 10.9 Å². The van der Waals surface area contributed by atoms with Crippen LogP contribution in [-0.2, 0) is 13.1 Å². The first-order valence-corrected chi connectivity index (χ1v) is 7.52. The maximum Gasteiger partial charge on any atom is 0.255 e.